The molecule has 31 heavy (non-hydrogen) atoms. The minimum absolute atomic E-state index is 0.0432. The van der Waals surface area contributed by atoms with Gasteiger partial charge in [0.2, 0.25) is 0 Å². The zero-order valence-electron chi connectivity index (χ0n) is 17.2. The van der Waals surface area contributed by atoms with Crippen LogP contribution in [0.1, 0.15) is 40.2 Å². The van der Waals surface area contributed by atoms with E-state index in [9.17, 15) is 4.79 Å². The third-order valence-electron chi connectivity index (χ3n) is 6.63. The van der Waals surface area contributed by atoms with E-state index in [1.54, 1.807) is 0 Å². The summed E-state index contributed by atoms with van der Waals surface area (Å²) in [6.07, 6.45) is 6.00. The lowest BCUT2D eigenvalue weighted by atomic mass is 9.77. The van der Waals surface area contributed by atoms with Gasteiger partial charge in [-0.25, -0.2) is 9.97 Å². The predicted molar refractivity (Wildman–Crippen MR) is 118 cm³/mol. The Morgan fingerprint density at radius 1 is 1.13 bits per heavy atom. The lowest BCUT2D eigenvalue weighted by Gasteiger charge is -2.40. The maximum Gasteiger partial charge on any atom is 0.267 e. The van der Waals surface area contributed by atoms with Crippen LogP contribution in [0.3, 0.4) is 0 Å². The Labute approximate surface area is 184 Å². The van der Waals surface area contributed by atoms with Crippen LogP contribution < -0.4 is 9.47 Å². The van der Waals surface area contributed by atoms with E-state index in [1.807, 2.05) is 46.8 Å². The molecule has 7 heteroatoms. The van der Waals surface area contributed by atoms with Crippen molar-refractivity contribution in [1.82, 2.24) is 14.9 Å². The van der Waals surface area contributed by atoms with Crippen molar-refractivity contribution in [2.75, 3.05) is 26.3 Å². The number of nitrogens with zero attached hydrogens (tertiary/aromatic N) is 3. The normalized spacial score (nSPS) is 21.9. The number of ether oxygens (including phenoxy) is 2. The van der Waals surface area contributed by atoms with Gasteiger partial charge in [0.05, 0.1) is 5.69 Å². The molecule has 3 aromatic rings. The Hall–Kier alpha value is -2.93. The third kappa shape index (κ3) is 3.10. The topological polar surface area (TPSA) is 64.6 Å². The SMILES string of the molecule is O=C(c1scc2c1OCCO2)N1CCCC2(CCc3cnc(-c4ccccc4)nc32)C1. The number of fused-ring (bicyclic) bond motifs is 3. The summed E-state index contributed by atoms with van der Waals surface area (Å²) in [6, 6.07) is 10.1. The van der Waals surface area contributed by atoms with Gasteiger partial charge in [0.25, 0.3) is 5.91 Å². The first-order chi connectivity index (χ1) is 15.2. The first-order valence-corrected chi connectivity index (χ1v) is 11.7. The molecular formula is C24H23N3O3S. The Morgan fingerprint density at radius 3 is 2.90 bits per heavy atom. The number of carbonyl (C=O) groups excluding carboxylic acids is 1. The number of likely N-dealkylation sites (tertiary alicyclic amines) is 1. The smallest absolute Gasteiger partial charge is 0.267 e. The molecular weight excluding hydrogens is 410 g/mol. The van der Waals surface area contributed by atoms with Gasteiger partial charge < -0.3 is 14.4 Å². The van der Waals surface area contributed by atoms with Gasteiger partial charge in [0.1, 0.15) is 18.1 Å². The van der Waals surface area contributed by atoms with Crippen LogP contribution in [0.5, 0.6) is 11.5 Å². The van der Waals surface area contributed by atoms with E-state index < -0.39 is 0 Å². The monoisotopic (exact) mass is 433 g/mol. The minimum atomic E-state index is -0.0929. The van der Waals surface area contributed by atoms with Gasteiger partial charge in [-0.2, -0.15) is 0 Å². The van der Waals surface area contributed by atoms with Gasteiger partial charge in [0, 0.05) is 35.6 Å². The number of rotatable bonds is 2. The van der Waals surface area contributed by atoms with Crippen LogP contribution in [0.2, 0.25) is 0 Å². The number of amides is 1. The number of carbonyl (C=O) groups is 1. The van der Waals surface area contributed by atoms with E-state index in [-0.39, 0.29) is 11.3 Å². The Morgan fingerprint density at radius 2 is 2.00 bits per heavy atom. The molecule has 6 nitrogen and oxygen atoms in total. The molecule has 3 aliphatic rings. The van der Waals surface area contributed by atoms with E-state index in [2.05, 4.69) is 4.98 Å². The second-order valence-corrected chi connectivity index (χ2v) is 9.38. The summed E-state index contributed by atoms with van der Waals surface area (Å²) in [5.74, 6) is 2.11. The summed E-state index contributed by atoms with van der Waals surface area (Å²) in [6.45, 7) is 2.47. The van der Waals surface area contributed by atoms with Crippen LogP contribution >= 0.6 is 11.3 Å². The number of benzene rings is 1. The Bertz CT molecular complexity index is 1140. The lowest BCUT2D eigenvalue weighted by Crippen LogP contribution is -2.47. The molecule has 1 atom stereocenters. The zero-order valence-corrected chi connectivity index (χ0v) is 18.0. The predicted octanol–water partition coefficient (Wildman–Crippen LogP) is 4.10. The van der Waals surface area contributed by atoms with E-state index in [0.29, 0.717) is 36.1 Å². The van der Waals surface area contributed by atoms with Gasteiger partial charge in [-0.15, -0.1) is 11.3 Å². The van der Waals surface area contributed by atoms with Crippen molar-refractivity contribution < 1.29 is 14.3 Å². The zero-order chi connectivity index (χ0) is 20.8. The third-order valence-corrected chi connectivity index (χ3v) is 7.56. The van der Waals surface area contributed by atoms with E-state index in [1.165, 1.54) is 16.9 Å². The summed E-state index contributed by atoms with van der Waals surface area (Å²) in [7, 11) is 0. The lowest BCUT2D eigenvalue weighted by molar-refractivity contribution is 0.0630. The molecule has 158 valence electrons. The van der Waals surface area contributed by atoms with Gasteiger partial charge in [0.15, 0.2) is 17.3 Å². The molecule has 2 aromatic heterocycles. The quantitative estimate of drug-likeness (QED) is 0.609. The Kier molecular flexibility index (Phi) is 4.45. The van der Waals surface area contributed by atoms with Gasteiger partial charge in [-0.05, 0) is 31.2 Å². The van der Waals surface area contributed by atoms with Gasteiger partial charge >= 0.3 is 0 Å². The number of hydrogen-bond donors (Lipinski definition) is 0. The largest absolute Gasteiger partial charge is 0.485 e. The second kappa shape index (κ2) is 7.34. The molecule has 0 radical (unpaired) electrons. The highest BCUT2D eigenvalue weighted by Crippen LogP contribution is 2.46. The summed E-state index contributed by atoms with van der Waals surface area (Å²) < 4.78 is 11.4. The van der Waals surface area contributed by atoms with Crippen LogP contribution in [-0.2, 0) is 11.8 Å². The van der Waals surface area contributed by atoms with Gasteiger partial charge in [-0.3, -0.25) is 4.79 Å². The first-order valence-electron chi connectivity index (χ1n) is 10.8. The first kappa shape index (κ1) is 18.8. The highest BCUT2D eigenvalue weighted by molar-refractivity contribution is 7.12. The molecule has 1 aromatic carbocycles. The molecule has 0 bridgehead atoms. The average molecular weight is 434 g/mol. The molecule has 0 saturated carbocycles. The van der Waals surface area contributed by atoms with Crippen molar-refractivity contribution in [3.8, 4) is 22.9 Å². The van der Waals surface area contributed by atoms with Crippen molar-refractivity contribution in [3.63, 3.8) is 0 Å². The summed E-state index contributed by atoms with van der Waals surface area (Å²) in [4.78, 5) is 25.7. The highest BCUT2D eigenvalue weighted by atomic mass is 32.1. The molecule has 1 amide bonds. The molecule has 0 N–H and O–H groups in total. The van der Waals surface area contributed by atoms with E-state index in [4.69, 9.17) is 14.5 Å². The highest BCUT2D eigenvalue weighted by Gasteiger charge is 2.45. The average Bonchev–Trinajstić information content (AvgIpc) is 3.41. The number of thiophene rings is 1. The molecule has 6 rings (SSSR count). The van der Waals surface area contributed by atoms with Crippen LogP contribution in [0, 0.1) is 0 Å². The standard InChI is InChI=1S/C24H23N3O3S/c28-23(20-19-18(14-31-20)29-11-12-30-19)27-10-4-8-24(15-27)9-7-17-13-25-22(26-21(17)24)16-5-2-1-3-6-16/h1-3,5-6,13-14H,4,7-12,15H2. The number of hydrogen-bond acceptors (Lipinski definition) is 6. The second-order valence-electron chi connectivity index (χ2n) is 8.50. The fourth-order valence-electron chi connectivity index (χ4n) is 5.12. The molecule has 2 aliphatic heterocycles. The summed E-state index contributed by atoms with van der Waals surface area (Å²) >= 11 is 1.42. The minimum Gasteiger partial charge on any atom is -0.485 e. The number of aryl methyl sites for hydroxylation is 1. The summed E-state index contributed by atoms with van der Waals surface area (Å²) in [5, 5.41) is 1.88. The Balaban J connectivity index is 1.32. The maximum atomic E-state index is 13.4. The van der Waals surface area contributed by atoms with Crippen molar-refractivity contribution in [2.45, 2.75) is 31.1 Å². The number of piperidine rings is 1. The van der Waals surface area contributed by atoms with Crippen molar-refractivity contribution in [1.29, 1.82) is 0 Å². The molecule has 1 spiro atoms. The van der Waals surface area contributed by atoms with E-state index >= 15 is 0 Å². The molecule has 1 saturated heterocycles. The van der Waals surface area contributed by atoms with E-state index in [0.717, 1.165) is 49.3 Å². The summed E-state index contributed by atoms with van der Waals surface area (Å²) in [5.41, 5.74) is 3.29. The van der Waals surface area contributed by atoms with Crippen LogP contribution in [0.25, 0.3) is 11.4 Å². The van der Waals surface area contributed by atoms with Crippen LogP contribution in [0.4, 0.5) is 0 Å². The van der Waals surface area contributed by atoms with Crippen molar-refractivity contribution in [3.05, 3.63) is 58.0 Å². The van der Waals surface area contributed by atoms with Crippen molar-refractivity contribution >= 4 is 17.2 Å². The molecule has 1 fully saturated rings. The fraction of sp³-hybridized carbons (Fsp3) is 0.375. The molecule has 1 unspecified atom stereocenters. The fourth-order valence-corrected chi connectivity index (χ4v) is 6.02. The van der Waals surface area contributed by atoms with Crippen LogP contribution in [0.15, 0.2) is 41.9 Å². The van der Waals surface area contributed by atoms with Crippen molar-refractivity contribution in [2.24, 2.45) is 0 Å². The number of aromatic nitrogens is 2. The van der Waals surface area contributed by atoms with Crippen LogP contribution in [-0.4, -0.2) is 47.1 Å². The van der Waals surface area contributed by atoms with Gasteiger partial charge in [-0.1, -0.05) is 30.3 Å². The molecule has 4 heterocycles. The maximum absolute atomic E-state index is 13.4. The molecule has 1 aliphatic carbocycles.